The number of methoxy groups -OCH3 is 1. The van der Waals surface area contributed by atoms with E-state index in [0.29, 0.717) is 11.5 Å². The van der Waals surface area contributed by atoms with E-state index < -0.39 is 30.2 Å². The van der Waals surface area contributed by atoms with Gasteiger partial charge in [-0.1, -0.05) is 23.7 Å². The number of halogens is 1. The first-order valence-corrected chi connectivity index (χ1v) is 8.28. The Bertz CT molecular complexity index is 895. The lowest BCUT2D eigenvalue weighted by Gasteiger charge is -2.19. The van der Waals surface area contributed by atoms with Crippen molar-refractivity contribution in [1.82, 2.24) is 4.90 Å². The van der Waals surface area contributed by atoms with E-state index in [1.165, 1.54) is 19.2 Å². The van der Waals surface area contributed by atoms with Gasteiger partial charge in [-0.15, -0.1) is 0 Å². The summed E-state index contributed by atoms with van der Waals surface area (Å²) < 4.78 is 10.6. The average molecular weight is 374 g/mol. The van der Waals surface area contributed by atoms with Crippen LogP contribution in [0.1, 0.15) is 27.6 Å². The van der Waals surface area contributed by atoms with Crippen LogP contribution in [0.25, 0.3) is 0 Å². The average Bonchev–Trinajstić information content (AvgIpc) is 2.72. The maximum Gasteiger partial charge on any atom is 0.270 e. The van der Waals surface area contributed by atoms with E-state index in [9.17, 15) is 14.4 Å². The number of hydrogen-bond acceptors (Lipinski definition) is 5. The summed E-state index contributed by atoms with van der Waals surface area (Å²) in [5, 5.41) is 0.272. The van der Waals surface area contributed by atoms with Gasteiger partial charge in [-0.3, -0.25) is 19.3 Å². The zero-order valence-electron chi connectivity index (χ0n) is 14.2. The molecule has 0 spiro atoms. The zero-order valence-corrected chi connectivity index (χ0v) is 14.9. The lowest BCUT2D eigenvalue weighted by atomic mass is 10.1. The number of para-hydroxylation sites is 1. The molecule has 1 aliphatic rings. The van der Waals surface area contributed by atoms with E-state index >= 15 is 0 Å². The van der Waals surface area contributed by atoms with E-state index in [4.69, 9.17) is 21.1 Å². The summed E-state index contributed by atoms with van der Waals surface area (Å²) in [6.07, 6.45) is -0.880. The van der Waals surface area contributed by atoms with Crippen molar-refractivity contribution in [2.24, 2.45) is 0 Å². The standard InChI is InChI=1S/C19H16ClNO5/c1-11-18(23)21(19(24)13-5-3-4-6-16(13)26-11)10-15(22)12-7-8-17(25-2)14(20)9-12/h3-9,11H,10H2,1-2H3/t11-/m1/s1. The highest BCUT2D eigenvalue weighted by atomic mass is 35.5. The van der Waals surface area contributed by atoms with Gasteiger partial charge in [0.25, 0.3) is 11.8 Å². The first kappa shape index (κ1) is 17.9. The molecule has 0 radical (unpaired) electrons. The molecule has 2 aromatic carbocycles. The highest BCUT2D eigenvalue weighted by molar-refractivity contribution is 6.32. The minimum absolute atomic E-state index is 0.241. The molecule has 2 amide bonds. The van der Waals surface area contributed by atoms with Crippen molar-refractivity contribution in [3.8, 4) is 11.5 Å². The van der Waals surface area contributed by atoms with Crippen molar-refractivity contribution in [1.29, 1.82) is 0 Å². The van der Waals surface area contributed by atoms with E-state index in [1.807, 2.05) is 0 Å². The number of ether oxygens (including phenoxy) is 2. The highest BCUT2D eigenvalue weighted by Gasteiger charge is 2.35. The number of amides is 2. The second kappa shape index (κ2) is 7.17. The van der Waals surface area contributed by atoms with Crippen LogP contribution in [0.2, 0.25) is 5.02 Å². The maximum atomic E-state index is 12.8. The highest BCUT2D eigenvalue weighted by Crippen LogP contribution is 2.27. The number of carbonyl (C=O) groups is 3. The van der Waals surface area contributed by atoms with Gasteiger partial charge in [-0.2, -0.15) is 0 Å². The zero-order chi connectivity index (χ0) is 18.8. The fourth-order valence-corrected chi connectivity index (χ4v) is 2.93. The van der Waals surface area contributed by atoms with Gasteiger partial charge < -0.3 is 9.47 Å². The molecule has 134 valence electrons. The molecule has 3 rings (SSSR count). The number of rotatable bonds is 4. The Hall–Kier alpha value is -2.86. The van der Waals surface area contributed by atoms with Gasteiger partial charge in [0.1, 0.15) is 11.5 Å². The van der Waals surface area contributed by atoms with Gasteiger partial charge in [0.2, 0.25) is 0 Å². The number of Topliss-reactive ketones (excluding diaryl/α,β-unsaturated/α-hetero) is 1. The van der Waals surface area contributed by atoms with Gasteiger partial charge in [0.05, 0.1) is 24.2 Å². The van der Waals surface area contributed by atoms with E-state index in [-0.39, 0.29) is 16.1 Å². The third kappa shape index (κ3) is 3.28. The number of fused-ring (bicyclic) bond motifs is 1. The van der Waals surface area contributed by atoms with Crippen LogP contribution in [0, 0.1) is 0 Å². The number of hydrogen-bond donors (Lipinski definition) is 0. The summed E-state index contributed by atoms with van der Waals surface area (Å²) in [4.78, 5) is 38.8. The summed E-state index contributed by atoms with van der Waals surface area (Å²) in [6, 6.07) is 11.1. The van der Waals surface area contributed by atoms with Crippen LogP contribution < -0.4 is 9.47 Å². The van der Waals surface area contributed by atoms with Crippen molar-refractivity contribution in [2.45, 2.75) is 13.0 Å². The maximum absolute atomic E-state index is 12.8. The molecule has 0 N–H and O–H groups in total. The minimum atomic E-state index is -0.880. The molecule has 0 aromatic heterocycles. The van der Waals surface area contributed by atoms with Crippen molar-refractivity contribution in [2.75, 3.05) is 13.7 Å². The van der Waals surface area contributed by atoms with Gasteiger partial charge in [0.15, 0.2) is 11.9 Å². The normalized spacial score (nSPS) is 16.6. The fraction of sp³-hybridized carbons (Fsp3) is 0.211. The molecular formula is C19H16ClNO5. The minimum Gasteiger partial charge on any atom is -0.495 e. The molecule has 1 aliphatic heterocycles. The lowest BCUT2D eigenvalue weighted by Crippen LogP contribution is -2.44. The second-order valence-electron chi connectivity index (χ2n) is 5.76. The number of ketones is 1. The monoisotopic (exact) mass is 373 g/mol. The Morgan fingerprint density at radius 3 is 2.65 bits per heavy atom. The summed E-state index contributed by atoms with van der Waals surface area (Å²) >= 11 is 6.05. The summed E-state index contributed by atoms with van der Waals surface area (Å²) in [6.45, 7) is 1.14. The molecule has 0 bridgehead atoms. The Kier molecular flexibility index (Phi) is 4.95. The molecular weight excluding hydrogens is 358 g/mol. The number of benzene rings is 2. The molecule has 0 unspecified atom stereocenters. The van der Waals surface area contributed by atoms with Crippen molar-refractivity contribution >= 4 is 29.2 Å². The lowest BCUT2D eigenvalue weighted by molar-refractivity contribution is -0.134. The van der Waals surface area contributed by atoms with Crippen LogP contribution in [0.4, 0.5) is 0 Å². The SMILES string of the molecule is COc1ccc(C(=O)CN2C(=O)c3ccccc3O[C@H](C)C2=O)cc1Cl. The van der Waals surface area contributed by atoms with E-state index in [0.717, 1.165) is 4.90 Å². The van der Waals surface area contributed by atoms with E-state index in [2.05, 4.69) is 0 Å². The molecule has 1 atom stereocenters. The number of imide groups is 1. The second-order valence-corrected chi connectivity index (χ2v) is 6.17. The van der Waals surface area contributed by atoms with Crippen LogP contribution in [-0.4, -0.2) is 42.3 Å². The van der Waals surface area contributed by atoms with Crippen molar-refractivity contribution < 1.29 is 23.9 Å². The third-order valence-electron chi connectivity index (χ3n) is 4.06. The van der Waals surface area contributed by atoms with Crippen LogP contribution in [0.3, 0.4) is 0 Å². The Balaban J connectivity index is 1.90. The van der Waals surface area contributed by atoms with Crippen molar-refractivity contribution in [3.05, 3.63) is 58.6 Å². The van der Waals surface area contributed by atoms with Crippen LogP contribution in [0.5, 0.6) is 11.5 Å². The molecule has 6 nitrogen and oxygen atoms in total. The molecule has 0 fully saturated rings. The summed E-state index contributed by atoms with van der Waals surface area (Å²) in [5.74, 6) is -0.799. The summed E-state index contributed by atoms with van der Waals surface area (Å²) in [7, 11) is 1.47. The Labute approximate surface area is 155 Å². The molecule has 0 aliphatic carbocycles. The van der Waals surface area contributed by atoms with Gasteiger partial charge >= 0.3 is 0 Å². The van der Waals surface area contributed by atoms with Crippen LogP contribution >= 0.6 is 11.6 Å². The van der Waals surface area contributed by atoms with Gasteiger partial charge in [0, 0.05) is 5.56 Å². The topological polar surface area (TPSA) is 72.9 Å². The van der Waals surface area contributed by atoms with E-state index in [1.54, 1.807) is 37.3 Å². The van der Waals surface area contributed by atoms with Gasteiger partial charge in [-0.25, -0.2) is 0 Å². The number of nitrogens with zero attached hydrogens (tertiary/aromatic N) is 1. The Morgan fingerprint density at radius 2 is 1.96 bits per heavy atom. The molecule has 0 saturated heterocycles. The Morgan fingerprint density at radius 1 is 1.23 bits per heavy atom. The molecule has 26 heavy (non-hydrogen) atoms. The third-order valence-corrected chi connectivity index (χ3v) is 4.35. The molecule has 7 heteroatoms. The number of carbonyl (C=O) groups excluding carboxylic acids is 3. The largest absolute Gasteiger partial charge is 0.495 e. The van der Waals surface area contributed by atoms with Gasteiger partial charge in [-0.05, 0) is 37.3 Å². The first-order chi connectivity index (χ1) is 12.4. The first-order valence-electron chi connectivity index (χ1n) is 7.90. The van der Waals surface area contributed by atoms with Crippen LogP contribution in [-0.2, 0) is 4.79 Å². The fourth-order valence-electron chi connectivity index (χ4n) is 2.68. The molecule has 1 heterocycles. The smallest absolute Gasteiger partial charge is 0.270 e. The quantitative estimate of drug-likeness (QED) is 0.608. The summed E-state index contributed by atoms with van der Waals surface area (Å²) in [5.41, 5.74) is 0.522. The van der Waals surface area contributed by atoms with Crippen molar-refractivity contribution in [3.63, 3.8) is 0 Å². The molecule has 0 saturated carbocycles. The molecule has 2 aromatic rings. The predicted molar refractivity (Wildman–Crippen MR) is 94.9 cm³/mol. The van der Waals surface area contributed by atoms with Crippen LogP contribution in [0.15, 0.2) is 42.5 Å². The predicted octanol–water partition coefficient (Wildman–Crippen LogP) is 2.98.